The minimum absolute atomic E-state index is 0.0165. The number of anilines is 1. The third kappa shape index (κ3) is 6.83. The molecule has 0 spiro atoms. The van der Waals surface area contributed by atoms with Crippen LogP contribution in [0.15, 0.2) is 71.6 Å². The molecule has 1 atom stereocenters. The molecule has 2 amide bonds. The van der Waals surface area contributed by atoms with E-state index in [0.717, 1.165) is 9.87 Å². The van der Waals surface area contributed by atoms with Crippen molar-refractivity contribution in [1.82, 2.24) is 10.2 Å². The molecule has 38 heavy (non-hydrogen) atoms. The minimum Gasteiger partial charge on any atom is -0.357 e. The van der Waals surface area contributed by atoms with Crippen LogP contribution in [0, 0.1) is 12.7 Å². The largest absolute Gasteiger partial charge is 0.357 e. The van der Waals surface area contributed by atoms with Crippen molar-refractivity contribution in [2.75, 3.05) is 17.9 Å². The van der Waals surface area contributed by atoms with Gasteiger partial charge in [0.15, 0.2) is 0 Å². The van der Waals surface area contributed by atoms with Crippen LogP contribution in [-0.2, 0) is 26.2 Å². The number of aryl methyl sites for hydroxylation is 1. The lowest BCUT2D eigenvalue weighted by Crippen LogP contribution is -2.51. The summed E-state index contributed by atoms with van der Waals surface area (Å²) in [4.78, 5) is 27.8. The van der Waals surface area contributed by atoms with Gasteiger partial charge in [0.2, 0.25) is 11.8 Å². The highest BCUT2D eigenvalue weighted by molar-refractivity contribution is 7.92. The van der Waals surface area contributed by atoms with Gasteiger partial charge >= 0.3 is 0 Å². The lowest BCUT2D eigenvalue weighted by atomic mass is 10.1. The second kappa shape index (κ2) is 12.6. The van der Waals surface area contributed by atoms with Gasteiger partial charge in [0, 0.05) is 18.6 Å². The van der Waals surface area contributed by atoms with Gasteiger partial charge in [0.1, 0.15) is 18.4 Å². The van der Waals surface area contributed by atoms with Gasteiger partial charge in [0.05, 0.1) is 15.6 Å². The second-order valence-electron chi connectivity index (χ2n) is 8.61. The molecule has 0 saturated carbocycles. The van der Waals surface area contributed by atoms with Crippen molar-refractivity contribution in [1.29, 1.82) is 0 Å². The van der Waals surface area contributed by atoms with Crippen molar-refractivity contribution in [2.45, 2.75) is 37.8 Å². The Morgan fingerprint density at radius 2 is 1.63 bits per heavy atom. The number of halogens is 3. The highest BCUT2D eigenvalue weighted by Gasteiger charge is 2.34. The van der Waals surface area contributed by atoms with Gasteiger partial charge in [-0.25, -0.2) is 12.8 Å². The van der Waals surface area contributed by atoms with E-state index in [9.17, 15) is 22.4 Å². The number of carbonyl (C=O) groups excluding carboxylic acids is 2. The zero-order chi connectivity index (χ0) is 28.0. The first-order chi connectivity index (χ1) is 18.0. The number of nitrogens with one attached hydrogen (secondary N) is 1. The standard InChI is InChI=1S/C27H28Cl2FN3O4S/c1-4-24(27(35)31-3)32(16-19-7-10-21(30)11-8-19)26(34)17-33(25-15-20(28)9-14-23(25)29)38(36,37)22-12-5-18(2)6-13-22/h5-15,24H,4,16-17H2,1-3H3,(H,31,35)/t24-/m1/s1. The van der Waals surface area contributed by atoms with Crippen molar-refractivity contribution in [3.05, 3.63) is 93.7 Å². The Hall–Kier alpha value is -3.14. The number of benzene rings is 3. The van der Waals surface area contributed by atoms with Gasteiger partial charge in [-0.2, -0.15) is 0 Å². The van der Waals surface area contributed by atoms with Crippen LogP contribution in [0.2, 0.25) is 10.0 Å². The molecule has 3 rings (SSSR count). The fourth-order valence-electron chi connectivity index (χ4n) is 3.90. The maximum Gasteiger partial charge on any atom is 0.264 e. The van der Waals surface area contributed by atoms with Gasteiger partial charge in [-0.15, -0.1) is 0 Å². The van der Waals surface area contributed by atoms with E-state index >= 15 is 0 Å². The number of amides is 2. The Bertz CT molecular complexity index is 1400. The Labute approximate surface area is 232 Å². The van der Waals surface area contributed by atoms with Crippen molar-refractivity contribution >= 4 is 50.7 Å². The maximum absolute atomic E-state index is 13.8. The summed E-state index contributed by atoms with van der Waals surface area (Å²) in [5, 5.41) is 2.84. The van der Waals surface area contributed by atoms with E-state index in [-0.39, 0.29) is 33.6 Å². The summed E-state index contributed by atoms with van der Waals surface area (Å²) in [6.45, 7) is 2.85. The third-order valence-electron chi connectivity index (χ3n) is 5.96. The van der Waals surface area contributed by atoms with E-state index in [1.807, 2.05) is 6.92 Å². The smallest absolute Gasteiger partial charge is 0.264 e. The summed E-state index contributed by atoms with van der Waals surface area (Å²) >= 11 is 12.6. The normalized spacial score (nSPS) is 12.1. The molecule has 3 aromatic rings. The van der Waals surface area contributed by atoms with Gasteiger partial charge in [-0.1, -0.05) is 60.0 Å². The van der Waals surface area contributed by atoms with Gasteiger partial charge < -0.3 is 10.2 Å². The van der Waals surface area contributed by atoms with Crippen LogP contribution in [0.25, 0.3) is 0 Å². The monoisotopic (exact) mass is 579 g/mol. The Kier molecular flexibility index (Phi) is 9.76. The predicted molar refractivity (Wildman–Crippen MR) is 147 cm³/mol. The van der Waals surface area contributed by atoms with Gasteiger partial charge in [-0.05, 0) is 61.4 Å². The van der Waals surface area contributed by atoms with Crippen molar-refractivity contribution < 1.29 is 22.4 Å². The predicted octanol–water partition coefficient (Wildman–Crippen LogP) is 5.19. The molecule has 0 bridgehead atoms. The summed E-state index contributed by atoms with van der Waals surface area (Å²) in [6.07, 6.45) is 0.259. The summed E-state index contributed by atoms with van der Waals surface area (Å²) in [6, 6.07) is 15.1. The van der Waals surface area contributed by atoms with Crippen LogP contribution in [0.4, 0.5) is 10.1 Å². The molecule has 0 aliphatic heterocycles. The quantitative estimate of drug-likeness (QED) is 0.358. The number of likely N-dealkylation sites (N-methyl/N-ethyl adjacent to an activating group) is 1. The number of nitrogens with zero attached hydrogens (tertiary/aromatic N) is 2. The average molecular weight is 581 g/mol. The molecule has 3 aromatic carbocycles. The minimum atomic E-state index is -4.28. The fraction of sp³-hybridized carbons (Fsp3) is 0.259. The maximum atomic E-state index is 13.8. The number of rotatable bonds is 10. The first-order valence-electron chi connectivity index (χ1n) is 11.8. The van der Waals surface area contributed by atoms with Crippen LogP contribution in [0.5, 0.6) is 0 Å². The molecule has 0 radical (unpaired) electrons. The van der Waals surface area contributed by atoms with Crippen LogP contribution in [0.1, 0.15) is 24.5 Å². The van der Waals surface area contributed by atoms with Crippen molar-refractivity contribution in [3.63, 3.8) is 0 Å². The summed E-state index contributed by atoms with van der Waals surface area (Å²) in [5.41, 5.74) is 1.44. The third-order valence-corrected chi connectivity index (χ3v) is 8.29. The zero-order valence-corrected chi connectivity index (χ0v) is 23.4. The van der Waals surface area contributed by atoms with Crippen molar-refractivity contribution in [3.8, 4) is 0 Å². The topological polar surface area (TPSA) is 86.8 Å². The average Bonchev–Trinajstić information content (AvgIpc) is 2.89. The zero-order valence-electron chi connectivity index (χ0n) is 21.1. The molecular weight excluding hydrogens is 552 g/mol. The van der Waals surface area contributed by atoms with Gasteiger partial charge in [0.25, 0.3) is 10.0 Å². The molecule has 0 saturated heterocycles. The fourth-order valence-corrected chi connectivity index (χ4v) is 5.76. The Morgan fingerprint density at radius 1 is 1.00 bits per heavy atom. The lowest BCUT2D eigenvalue weighted by molar-refractivity contribution is -0.140. The Morgan fingerprint density at radius 3 is 2.21 bits per heavy atom. The molecule has 0 aliphatic carbocycles. The number of sulfonamides is 1. The van der Waals surface area contributed by atoms with E-state index in [1.54, 1.807) is 19.1 Å². The molecule has 202 valence electrons. The first-order valence-corrected chi connectivity index (χ1v) is 14.0. The molecule has 0 aromatic heterocycles. The highest BCUT2D eigenvalue weighted by Crippen LogP contribution is 2.33. The molecular formula is C27H28Cl2FN3O4S. The molecule has 11 heteroatoms. The molecule has 0 unspecified atom stereocenters. The van der Waals surface area contributed by atoms with Crippen LogP contribution in [-0.4, -0.2) is 44.8 Å². The van der Waals surface area contributed by atoms with Crippen LogP contribution in [0.3, 0.4) is 0 Å². The number of hydrogen-bond donors (Lipinski definition) is 1. The molecule has 0 aliphatic rings. The SMILES string of the molecule is CC[C@H](C(=O)NC)N(Cc1ccc(F)cc1)C(=O)CN(c1cc(Cl)ccc1Cl)S(=O)(=O)c1ccc(C)cc1. The second-order valence-corrected chi connectivity index (χ2v) is 11.3. The highest BCUT2D eigenvalue weighted by atomic mass is 35.5. The number of hydrogen-bond acceptors (Lipinski definition) is 4. The van der Waals surface area contributed by atoms with E-state index in [1.165, 1.54) is 66.5 Å². The van der Waals surface area contributed by atoms with Crippen molar-refractivity contribution in [2.24, 2.45) is 0 Å². The molecule has 0 fully saturated rings. The van der Waals surface area contributed by atoms with Crippen LogP contribution < -0.4 is 9.62 Å². The summed E-state index contributed by atoms with van der Waals surface area (Å²) in [5.74, 6) is -1.52. The molecule has 1 N–H and O–H groups in total. The first kappa shape index (κ1) is 29.4. The van der Waals surface area contributed by atoms with E-state index in [4.69, 9.17) is 23.2 Å². The van der Waals surface area contributed by atoms with E-state index in [0.29, 0.717) is 5.56 Å². The summed E-state index contributed by atoms with van der Waals surface area (Å²) in [7, 11) is -2.83. The van der Waals surface area contributed by atoms with E-state index < -0.39 is 40.2 Å². The molecule has 7 nitrogen and oxygen atoms in total. The van der Waals surface area contributed by atoms with E-state index in [2.05, 4.69) is 5.32 Å². The van der Waals surface area contributed by atoms with Crippen LogP contribution >= 0.6 is 23.2 Å². The number of carbonyl (C=O) groups is 2. The summed E-state index contributed by atoms with van der Waals surface area (Å²) < 4.78 is 42.0. The molecule has 0 heterocycles. The Balaban J connectivity index is 2.10. The lowest BCUT2D eigenvalue weighted by Gasteiger charge is -2.33. The van der Waals surface area contributed by atoms with Gasteiger partial charge in [-0.3, -0.25) is 13.9 Å².